The Labute approximate surface area is 179 Å². The predicted octanol–water partition coefficient (Wildman–Crippen LogP) is 5.45. The standard InChI is InChI=1S/C25H27NO3S/c1-4-6-7-8-11-22(29-5-2)18-21-19-26(25-13-10-9-12-24(21)25)30(27,28)23-16-14-20(3)15-17-23/h5,9-10,12-17,19,22H,2,4,6-7,18H2,1,3H3. The maximum absolute atomic E-state index is 13.3. The number of fused-ring (bicyclic) bond motifs is 1. The fourth-order valence-corrected chi connectivity index (χ4v) is 4.69. The average molecular weight is 422 g/mol. The summed E-state index contributed by atoms with van der Waals surface area (Å²) in [7, 11) is -3.71. The second-order valence-electron chi connectivity index (χ2n) is 7.21. The van der Waals surface area contributed by atoms with Crippen molar-refractivity contribution in [1.82, 2.24) is 3.97 Å². The molecule has 30 heavy (non-hydrogen) atoms. The molecule has 0 fully saturated rings. The second-order valence-corrected chi connectivity index (χ2v) is 9.02. The first-order chi connectivity index (χ1) is 14.5. The molecule has 0 aliphatic heterocycles. The Morgan fingerprint density at radius 2 is 1.90 bits per heavy atom. The largest absolute Gasteiger partial charge is 0.486 e. The Kier molecular flexibility index (Phi) is 7.02. The summed E-state index contributed by atoms with van der Waals surface area (Å²) in [5, 5.41) is 0.876. The SMILES string of the molecule is C=COC(C#CCCCC)Cc1cn(S(=O)(=O)c2ccc(C)cc2)c2ccccc12. The van der Waals surface area contributed by atoms with Crippen molar-refractivity contribution >= 4 is 20.9 Å². The van der Waals surface area contributed by atoms with Crippen LogP contribution in [-0.2, 0) is 21.2 Å². The van der Waals surface area contributed by atoms with E-state index in [-0.39, 0.29) is 11.0 Å². The van der Waals surface area contributed by atoms with Crippen LogP contribution < -0.4 is 0 Å². The van der Waals surface area contributed by atoms with Crippen LogP contribution in [0.2, 0.25) is 0 Å². The van der Waals surface area contributed by atoms with Gasteiger partial charge in [0.05, 0.1) is 16.7 Å². The molecular weight excluding hydrogens is 394 g/mol. The number of benzene rings is 2. The Bertz CT molecular complexity index is 1180. The van der Waals surface area contributed by atoms with E-state index in [9.17, 15) is 8.42 Å². The summed E-state index contributed by atoms with van der Waals surface area (Å²) < 4.78 is 33.6. The maximum Gasteiger partial charge on any atom is 0.268 e. The molecule has 0 N–H and O–H groups in total. The zero-order valence-corrected chi connectivity index (χ0v) is 18.3. The van der Waals surface area contributed by atoms with Gasteiger partial charge in [-0.2, -0.15) is 0 Å². The number of aryl methyl sites for hydroxylation is 1. The maximum atomic E-state index is 13.3. The van der Waals surface area contributed by atoms with Crippen molar-refractivity contribution < 1.29 is 13.2 Å². The van der Waals surface area contributed by atoms with Crippen LogP contribution in [0.4, 0.5) is 0 Å². The second kappa shape index (κ2) is 9.69. The van der Waals surface area contributed by atoms with Crippen LogP contribution in [0, 0.1) is 18.8 Å². The molecule has 5 heteroatoms. The molecule has 3 rings (SSSR count). The summed E-state index contributed by atoms with van der Waals surface area (Å²) >= 11 is 0. The third kappa shape index (κ3) is 4.77. The normalized spacial score (nSPS) is 12.2. The Balaban J connectivity index is 2.02. The zero-order valence-electron chi connectivity index (χ0n) is 17.5. The van der Waals surface area contributed by atoms with E-state index in [1.807, 2.05) is 31.2 Å². The van der Waals surface area contributed by atoms with Crippen LogP contribution in [0.1, 0.15) is 37.3 Å². The fourth-order valence-electron chi connectivity index (χ4n) is 3.30. The lowest BCUT2D eigenvalue weighted by Crippen LogP contribution is -2.13. The summed E-state index contributed by atoms with van der Waals surface area (Å²) in [4.78, 5) is 0.263. The van der Waals surface area contributed by atoms with Gasteiger partial charge in [0.25, 0.3) is 10.0 Å². The van der Waals surface area contributed by atoms with Crippen LogP contribution in [0.3, 0.4) is 0 Å². The summed E-state index contributed by atoms with van der Waals surface area (Å²) in [6.45, 7) is 7.71. The molecule has 0 spiro atoms. The summed E-state index contributed by atoms with van der Waals surface area (Å²) in [5.74, 6) is 6.31. The summed E-state index contributed by atoms with van der Waals surface area (Å²) in [6, 6.07) is 14.4. The quantitative estimate of drug-likeness (QED) is 0.276. The number of hydrogen-bond acceptors (Lipinski definition) is 3. The van der Waals surface area contributed by atoms with E-state index in [2.05, 4.69) is 25.3 Å². The van der Waals surface area contributed by atoms with Crippen molar-refractivity contribution in [2.45, 2.75) is 50.5 Å². The van der Waals surface area contributed by atoms with Gasteiger partial charge in [-0.25, -0.2) is 12.4 Å². The van der Waals surface area contributed by atoms with Crippen LogP contribution in [0.15, 0.2) is 72.5 Å². The Morgan fingerprint density at radius 1 is 1.17 bits per heavy atom. The van der Waals surface area contributed by atoms with Gasteiger partial charge in [0.15, 0.2) is 6.10 Å². The molecule has 4 nitrogen and oxygen atoms in total. The minimum absolute atomic E-state index is 0.263. The van der Waals surface area contributed by atoms with Crippen LogP contribution >= 0.6 is 0 Å². The van der Waals surface area contributed by atoms with E-state index in [0.29, 0.717) is 11.9 Å². The lowest BCUT2D eigenvalue weighted by molar-refractivity contribution is 0.196. The third-order valence-corrected chi connectivity index (χ3v) is 6.61. The molecule has 1 unspecified atom stereocenters. The summed E-state index contributed by atoms with van der Waals surface area (Å²) in [5.41, 5.74) is 2.53. The Hall–Kier alpha value is -2.97. The number of nitrogens with zero attached hydrogens (tertiary/aromatic N) is 1. The third-order valence-electron chi connectivity index (χ3n) is 4.92. The van der Waals surface area contributed by atoms with Gasteiger partial charge in [-0.15, -0.1) is 0 Å². The van der Waals surface area contributed by atoms with Gasteiger partial charge in [-0.1, -0.05) is 67.7 Å². The highest BCUT2D eigenvalue weighted by molar-refractivity contribution is 7.90. The molecule has 0 amide bonds. The van der Waals surface area contributed by atoms with Gasteiger partial charge in [0, 0.05) is 24.4 Å². The lowest BCUT2D eigenvalue weighted by Gasteiger charge is -2.09. The molecule has 0 bridgehead atoms. The molecule has 3 aromatic rings. The predicted molar refractivity (Wildman–Crippen MR) is 122 cm³/mol. The molecule has 0 saturated carbocycles. The van der Waals surface area contributed by atoms with Crippen molar-refractivity contribution in [3.63, 3.8) is 0 Å². The number of rotatable bonds is 8. The zero-order chi connectivity index (χ0) is 21.6. The molecular formula is C25H27NO3S. The van der Waals surface area contributed by atoms with Crippen LogP contribution in [-0.4, -0.2) is 18.5 Å². The van der Waals surface area contributed by atoms with E-state index in [0.717, 1.165) is 35.8 Å². The van der Waals surface area contributed by atoms with Gasteiger partial charge in [0.2, 0.25) is 0 Å². The van der Waals surface area contributed by atoms with Gasteiger partial charge in [0.1, 0.15) is 0 Å². The highest BCUT2D eigenvalue weighted by Gasteiger charge is 2.22. The topological polar surface area (TPSA) is 48.3 Å². The number of unbranched alkanes of at least 4 members (excludes halogenated alkanes) is 2. The first-order valence-electron chi connectivity index (χ1n) is 10.1. The molecule has 1 atom stereocenters. The molecule has 0 aliphatic carbocycles. The van der Waals surface area contributed by atoms with Crippen molar-refractivity contribution in [3.05, 3.63) is 78.7 Å². The van der Waals surface area contributed by atoms with Gasteiger partial charge in [-0.05, 0) is 37.1 Å². The minimum atomic E-state index is -3.71. The first-order valence-corrected chi connectivity index (χ1v) is 11.6. The highest BCUT2D eigenvalue weighted by atomic mass is 32.2. The van der Waals surface area contributed by atoms with Gasteiger partial charge < -0.3 is 4.74 Å². The van der Waals surface area contributed by atoms with E-state index < -0.39 is 10.0 Å². The van der Waals surface area contributed by atoms with E-state index in [1.54, 1.807) is 30.5 Å². The smallest absolute Gasteiger partial charge is 0.268 e. The monoisotopic (exact) mass is 421 g/mol. The molecule has 0 aliphatic rings. The van der Waals surface area contributed by atoms with Gasteiger partial charge in [-0.3, -0.25) is 0 Å². The van der Waals surface area contributed by atoms with Crippen molar-refractivity contribution in [2.24, 2.45) is 0 Å². The molecule has 1 aromatic heterocycles. The molecule has 0 radical (unpaired) electrons. The minimum Gasteiger partial charge on any atom is -0.486 e. The first kappa shape index (κ1) is 21.7. The van der Waals surface area contributed by atoms with Crippen molar-refractivity contribution in [3.8, 4) is 11.8 Å². The fraction of sp³-hybridized carbons (Fsp3) is 0.280. The van der Waals surface area contributed by atoms with E-state index in [4.69, 9.17) is 4.74 Å². The lowest BCUT2D eigenvalue weighted by atomic mass is 10.1. The molecule has 1 heterocycles. The van der Waals surface area contributed by atoms with Crippen LogP contribution in [0.5, 0.6) is 0 Å². The number of para-hydroxylation sites is 1. The van der Waals surface area contributed by atoms with E-state index >= 15 is 0 Å². The summed E-state index contributed by atoms with van der Waals surface area (Å²) in [6.07, 6.45) is 6.13. The number of ether oxygens (including phenoxy) is 1. The van der Waals surface area contributed by atoms with Gasteiger partial charge >= 0.3 is 0 Å². The molecule has 156 valence electrons. The van der Waals surface area contributed by atoms with Crippen LogP contribution in [0.25, 0.3) is 10.9 Å². The highest BCUT2D eigenvalue weighted by Crippen LogP contribution is 2.27. The number of hydrogen-bond donors (Lipinski definition) is 0. The van der Waals surface area contributed by atoms with Crippen molar-refractivity contribution in [2.75, 3.05) is 0 Å². The van der Waals surface area contributed by atoms with E-state index in [1.165, 1.54) is 10.2 Å². The Morgan fingerprint density at radius 3 is 2.60 bits per heavy atom. The molecule has 2 aromatic carbocycles. The van der Waals surface area contributed by atoms with Crippen molar-refractivity contribution in [1.29, 1.82) is 0 Å². The molecule has 0 saturated heterocycles. The average Bonchev–Trinajstić information content (AvgIpc) is 3.11. The number of aromatic nitrogens is 1.